The van der Waals surface area contributed by atoms with Crippen LogP contribution in [-0.2, 0) is 4.84 Å². The summed E-state index contributed by atoms with van der Waals surface area (Å²) >= 11 is 0. The van der Waals surface area contributed by atoms with Crippen molar-refractivity contribution in [3.05, 3.63) is 59.7 Å². The van der Waals surface area contributed by atoms with Crippen molar-refractivity contribution < 1.29 is 19.1 Å². The van der Waals surface area contributed by atoms with E-state index in [1.54, 1.807) is 37.3 Å². The Morgan fingerprint density at radius 3 is 2.63 bits per heavy atom. The van der Waals surface area contributed by atoms with Crippen molar-refractivity contribution in [3.8, 4) is 11.5 Å². The van der Waals surface area contributed by atoms with E-state index in [4.69, 9.17) is 14.3 Å². The molecule has 0 radical (unpaired) electrons. The molecular weight excluding hydrogens is 344 g/mol. The quantitative estimate of drug-likeness (QED) is 0.752. The average Bonchev–Trinajstić information content (AvgIpc) is 3.20. The van der Waals surface area contributed by atoms with Crippen LogP contribution in [0, 0.1) is 0 Å². The summed E-state index contributed by atoms with van der Waals surface area (Å²) in [7, 11) is 3.12. The summed E-state index contributed by atoms with van der Waals surface area (Å²) in [5, 5.41) is 4.20. The van der Waals surface area contributed by atoms with E-state index in [-0.39, 0.29) is 12.0 Å². The molecule has 0 aromatic heterocycles. The van der Waals surface area contributed by atoms with Gasteiger partial charge < -0.3 is 19.2 Å². The van der Waals surface area contributed by atoms with E-state index in [1.165, 1.54) is 0 Å². The summed E-state index contributed by atoms with van der Waals surface area (Å²) in [6.45, 7) is 2.97. The lowest BCUT2D eigenvalue weighted by atomic mass is 10.0. The monoisotopic (exact) mass is 368 g/mol. The largest absolute Gasteiger partial charge is 0.497 e. The van der Waals surface area contributed by atoms with Crippen molar-refractivity contribution in [1.82, 2.24) is 4.90 Å². The van der Waals surface area contributed by atoms with Gasteiger partial charge in [-0.25, -0.2) is 0 Å². The Bertz CT molecular complexity index is 820. The van der Waals surface area contributed by atoms with Gasteiger partial charge in [0.05, 0.1) is 32.0 Å². The average molecular weight is 368 g/mol. The van der Waals surface area contributed by atoms with Gasteiger partial charge in [0.25, 0.3) is 5.91 Å². The number of benzene rings is 2. The summed E-state index contributed by atoms with van der Waals surface area (Å²) in [5.74, 6) is 1.03. The number of oxime groups is 1. The third-order valence-corrected chi connectivity index (χ3v) is 4.57. The van der Waals surface area contributed by atoms with Crippen molar-refractivity contribution in [1.29, 1.82) is 0 Å². The van der Waals surface area contributed by atoms with E-state index in [0.717, 1.165) is 11.3 Å². The third kappa shape index (κ3) is 4.22. The Labute approximate surface area is 159 Å². The van der Waals surface area contributed by atoms with Gasteiger partial charge in [0.1, 0.15) is 11.5 Å². The number of rotatable bonds is 7. The van der Waals surface area contributed by atoms with Crippen LogP contribution in [0.3, 0.4) is 0 Å². The number of carbonyl (C=O) groups is 1. The van der Waals surface area contributed by atoms with Gasteiger partial charge in [0, 0.05) is 19.0 Å². The highest BCUT2D eigenvalue weighted by Crippen LogP contribution is 2.26. The molecular formula is C21H24N2O4. The van der Waals surface area contributed by atoms with E-state index >= 15 is 0 Å². The van der Waals surface area contributed by atoms with Crippen molar-refractivity contribution in [2.24, 2.45) is 5.16 Å². The molecule has 0 bridgehead atoms. The summed E-state index contributed by atoms with van der Waals surface area (Å²) in [6.07, 6.45) is 0.515. The normalized spacial score (nSPS) is 15.7. The zero-order chi connectivity index (χ0) is 19.2. The first-order valence-electron chi connectivity index (χ1n) is 8.95. The highest BCUT2D eigenvalue weighted by Gasteiger charge is 2.27. The molecule has 3 rings (SSSR count). The Hall–Kier alpha value is -3.02. The number of hydrogen-bond acceptors (Lipinski definition) is 5. The minimum absolute atomic E-state index is 0.103. The van der Waals surface area contributed by atoms with Gasteiger partial charge in [-0.2, -0.15) is 0 Å². The highest BCUT2D eigenvalue weighted by molar-refractivity contribution is 6.01. The maximum absolute atomic E-state index is 13.0. The molecule has 6 heteroatoms. The van der Waals surface area contributed by atoms with Crippen LogP contribution in [-0.4, -0.2) is 49.9 Å². The molecule has 2 aromatic carbocycles. The molecule has 0 fully saturated rings. The van der Waals surface area contributed by atoms with Gasteiger partial charge in [0.2, 0.25) is 0 Å². The first kappa shape index (κ1) is 18.8. The van der Waals surface area contributed by atoms with Gasteiger partial charge in [0.15, 0.2) is 6.10 Å². The van der Waals surface area contributed by atoms with Crippen LogP contribution in [0.15, 0.2) is 53.7 Å². The van der Waals surface area contributed by atoms with E-state index in [9.17, 15) is 4.79 Å². The molecule has 1 amide bonds. The lowest BCUT2D eigenvalue weighted by molar-refractivity contribution is 0.0434. The zero-order valence-corrected chi connectivity index (χ0v) is 15.8. The number of amides is 1. The molecule has 1 unspecified atom stereocenters. The molecule has 0 N–H and O–H groups in total. The maximum Gasteiger partial charge on any atom is 0.257 e. The highest BCUT2D eigenvalue weighted by atomic mass is 16.6. The molecule has 6 nitrogen and oxygen atoms in total. The van der Waals surface area contributed by atoms with Crippen LogP contribution in [0.4, 0.5) is 0 Å². The van der Waals surface area contributed by atoms with E-state index in [2.05, 4.69) is 5.16 Å². The van der Waals surface area contributed by atoms with Crippen LogP contribution in [0.25, 0.3) is 0 Å². The second kappa shape index (κ2) is 8.58. The van der Waals surface area contributed by atoms with E-state index in [1.807, 2.05) is 37.3 Å². The zero-order valence-electron chi connectivity index (χ0n) is 15.8. The second-order valence-electron chi connectivity index (χ2n) is 6.25. The molecule has 2 aromatic rings. The summed E-state index contributed by atoms with van der Waals surface area (Å²) in [5.41, 5.74) is 2.46. The van der Waals surface area contributed by atoms with E-state index < -0.39 is 0 Å². The van der Waals surface area contributed by atoms with Crippen molar-refractivity contribution >= 4 is 11.6 Å². The van der Waals surface area contributed by atoms with Crippen molar-refractivity contribution in [2.45, 2.75) is 19.4 Å². The van der Waals surface area contributed by atoms with Gasteiger partial charge >= 0.3 is 0 Å². The Balaban J connectivity index is 1.69. The minimum atomic E-state index is -0.159. The van der Waals surface area contributed by atoms with Gasteiger partial charge in [-0.15, -0.1) is 0 Å². The van der Waals surface area contributed by atoms with Crippen LogP contribution in [0.1, 0.15) is 29.3 Å². The molecule has 0 saturated carbocycles. The number of ether oxygens (including phenoxy) is 2. The molecule has 1 aliphatic rings. The Kier molecular flexibility index (Phi) is 5.96. The van der Waals surface area contributed by atoms with Crippen molar-refractivity contribution in [3.63, 3.8) is 0 Å². The predicted octanol–water partition coefficient (Wildman–Crippen LogP) is 3.36. The van der Waals surface area contributed by atoms with Crippen LogP contribution in [0.2, 0.25) is 0 Å². The fourth-order valence-corrected chi connectivity index (χ4v) is 3.07. The van der Waals surface area contributed by atoms with Crippen LogP contribution in [0.5, 0.6) is 11.5 Å². The standard InChI is InChI=1S/C21H24N2O4/c1-4-23(21(24)18-11-10-16(25-2)13-20(18)26-3)14-17-12-19(22-27-17)15-8-6-5-7-9-15/h5-11,13,17H,4,12,14H2,1-3H3. The fourth-order valence-electron chi connectivity index (χ4n) is 3.07. The number of methoxy groups -OCH3 is 2. The van der Waals surface area contributed by atoms with E-state index in [0.29, 0.717) is 36.6 Å². The number of nitrogens with zero attached hydrogens (tertiary/aromatic N) is 2. The predicted molar refractivity (Wildman–Crippen MR) is 104 cm³/mol. The lowest BCUT2D eigenvalue weighted by Crippen LogP contribution is -2.37. The molecule has 1 heterocycles. The SMILES string of the molecule is CCN(CC1CC(c2ccccc2)=NO1)C(=O)c1ccc(OC)cc1OC. The van der Waals surface area contributed by atoms with Crippen LogP contribution < -0.4 is 9.47 Å². The van der Waals surface area contributed by atoms with Crippen LogP contribution >= 0.6 is 0 Å². The molecule has 1 aliphatic heterocycles. The summed E-state index contributed by atoms with van der Waals surface area (Å²) in [6, 6.07) is 15.1. The minimum Gasteiger partial charge on any atom is -0.497 e. The number of carbonyl (C=O) groups excluding carboxylic acids is 1. The molecule has 0 aliphatic carbocycles. The van der Waals surface area contributed by atoms with Gasteiger partial charge in [-0.05, 0) is 24.6 Å². The van der Waals surface area contributed by atoms with Crippen molar-refractivity contribution in [2.75, 3.05) is 27.3 Å². The topological polar surface area (TPSA) is 60.4 Å². The molecule has 27 heavy (non-hydrogen) atoms. The summed E-state index contributed by atoms with van der Waals surface area (Å²) in [4.78, 5) is 20.3. The molecule has 142 valence electrons. The first-order chi connectivity index (χ1) is 13.2. The number of likely N-dealkylation sites (N-methyl/N-ethyl adjacent to an activating group) is 1. The Morgan fingerprint density at radius 2 is 1.96 bits per heavy atom. The van der Waals surface area contributed by atoms with Gasteiger partial charge in [-0.3, -0.25) is 4.79 Å². The fraction of sp³-hybridized carbons (Fsp3) is 0.333. The smallest absolute Gasteiger partial charge is 0.257 e. The first-order valence-corrected chi connectivity index (χ1v) is 8.95. The third-order valence-electron chi connectivity index (χ3n) is 4.57. The number of hydrogen-bond donors (Lipinski definition) is 0. The Morgan fingerprint density at radius 1 is 1.19 bits per heavy atom. The maximum atomic E-state index is 13.0. The lowest BCUT2D eigenvalue weighted by Gasteiger charge is -2.24. The molecule has 1 atom stereocenters. The summed E-state index contributed by atoms with van der Waals surface area (Å²) < 4.78 is 10.6. The molecule has 0 spiro atoms. The van der Waals surface area contributed by atoms with Gasteiger partial charge in [-0.1, -0.05) is 35.5 Å². The second-order valence-corrected chi connectivity index (χ2v) is 6.25. The molecule has 0 saturated heterocycles.